The molecule has 0 radical (unpaired) electrons. The van der Waals surface area contributed by atoms with E-state index in [0.29, 0.717) is 29.8 Å². The second-order valence-electron chi connectivity index (χ2n) is 6.17. The van der Waals surface area contributed by atoms with Gasteiger partial charge in [0.25, 0.3) is 0 Å². The van der Waals surface area contributed by atoms with Crippen molar-refractivity contribution in [2.24, 2.45) is 16.6 Å². The molecule has 7 nitrogen and oxygen atoms in total. The molecule has 0 amide bonds. The third-order valence-electron chi connectivity index (χ3n) is 4.72. The lowest BCUT2D eigenvalue weighted by molar-refractivity contribution is 0.375. The van der Waals surface area contributed by atoms with Crippen LogP contribution in [0.3, 0.4) is 0 Å². The molecular weight excluding hydrogens is 377 g/mol. The van der Waals surface area contributed by atoms with E-state index in [-0.39, 0.29) is 24.1 Å². The van der Waals surface area contributed by atoms with Crippen LogP contribution in [0, 0.1) is 11.7 Å². The number of hydrogen-bond acceptors (Lipinski definition) is 8. The molecule has 1 unspecified atom stereocenters. The van der Waals surface area contributed by atoms with E-state index in [9.17, 15) is 4.39 Å². The van der Waals surface area contributed by atoms with Crippen molar-refractivity contribution in [3.8, 4) is 0 Å². The fourth-order valence-corrected chi connectivity index (χ4v) is 4.43. The lowest BCUT2D eigenvalue weighted by Gasteiger charge is -2.33. The summed E-state index contributed by atoms with van der Waals surface area (Å²) in [7, 11) is 0. The number of nitrogens with zero attached hydrogens (tertiary/aromatic N) is 6. The van der Waals surface area contributed by atoms with Crippen LogP contribution in [0.2, 0.25) is 0 Å². The van der Waals surface area contributed by atoms with Crippen LogP contribution in [0.25, 0.3) is 0 Å². The van der Waals surface area contributed by atoms with E-state index >= 15 is 0 Å². The average Bonchev–Trinajstić information content (AvgIpc) is 3.03. The van der Waals surface area contributed by atoms with Gasteiger partial charge in [-0.25, -0.2) is 19.4 Å². The Labute approximate surface area is 161 Å². The predicted octanol–water partition coefficient (Wildman–Crippen LogP) is 1.78. The van der Waals surface area contributed by atoms with Crippen molar-refractivity contribution in [3.63, 3.8) is 0 Å². The smallest absolute Gasteiger partial charge is 0.225 e. The summed E-state index contributed by atoms with van der Waals surface area (Å²) in [6, 6.07) is 0. The maximum Gasteiger partial charge on any atom is 0.225 e. The number of nitrogens with two attached hydrogens (primary N) is 1. The first-order valence-corrected chi connectivity index (χ1v) is 9.12. The molecule has 0 saturated carbocycles. The van der Waals surface area contributed by atoms with Gasteiger partial charge in [0, 0.05) is 30.6 Å². The topological polar surface area (TPSA) is 93.2 Å². The van der Waals surface area contributed by atoms with E-state index in [1.54, 1.807) is 30.4 Å². The Hall–Kier alpha value is -2.00. The molecule has 26 heavy (non-hydrogen) atoms. The standard InChI is InChI=1S/C16H18FN7S.ClH/c1-2-12-11(17)5-21-15(22-12)24-7-10-8-25-14(18)23-16(10,9-24)13-6-19-3-4-20-13;/h3-6,10H,2,7-9H2,1H3,(H2,18,23);1H/t10-,16?;/m0./s1. The zero-order chi connectivity index (χ0) is 17.4. The van der Waals surface area contributed by atoms with E-state index < -0.39 is 5.54 Å². The van der Waals surface area contributed by atoms with Crippen LogP contribution < -0.4 is 10.6 Å². The van der Waals surface area contributed by atoms with Crippen molar-refractivity contribution in [2.45, 2.75) is 18.9 Å². The highest BCUT2D eigenvalue weighted by molar-refractivity contribution is 8.13. The van der Waals surface area contributed by atoms with E-state index in [2.05, 4.69) is 19.9 Å². The van der Waals surface area contributed by atoms with Gasteiger partial charge in [-0.1, -0.05) is 18.7 Å². The van der Waals surface area contributed by atoms with Crippen molar-refractivity contribution in [1.29, 1.82) is 0 Å². The zero-order valence-corrected chi connectivity index (χ0v) is 15.8. The monoisotopic (exact) mass is 395 g/mol. The molecule has 2 aliphatic rings. The molecule has 0 spiro atoms. The zero-order valence-electron chi connectivity index (χ0n) is 14.2. The Morgan fingerprint density at radius 2 is 2.19 bits per heavy atom. The molecule has 1 saturated heterocycles. The molecular formula is C16H19ClFN7S. The molecule has 0 bridgehead atoms. The SMILES string of the molecule is CCc1nc(N2C[C@H]3CSC(N)=NC3(c3cnccn3)C2)ncc1F.Cl. The Balaban J connectivity index is 0.00000196. The first-order valence-electron chi connectivity index (χ1n) is 8.13. The number of aromatic nitrogens is 4. The Kier molecular flexibility index (Phi) is 5.29. The lowest BCUT2D eigenvalue weighted by Crippen LogP contribution is -2.40. The molecule has 10 heteroatoms. The van der Waals surface area contributed by atoms with Crippen LogP contribution >= 0.6 is 24.2 Å². The maximum absolute atomic E-state index is 13.7. The number of rotatable bonds is 3. The number of halogens is 2. The summed E-state index contributed by atoms with van der Waals surface area (Å²) in [5, 5.41) is 0.554. The van der Waals surface area contributed by atoms with E-state index in [0.717, 1.165) is 18.0 Å². The predicted molar refractivity (Wildman–Crippen MR) is 102 cm³/mol. The van der Waals surface area contributed by atoms with Crippen LogP contribution in [-0.4, -0.2) is 43.9 Å². The largest absolute Gasteiger partial charge is 0.379 e. The lowest BCUT2D eigenvalue weighted by atomic mass is 9.86. The summed E-state index contributed by atoms with van der Waals surface area (Å²) < 4.78 is 13.7. The highest BCUT2D eigenvalue weighted by Gasteiger charge is 2.52. The normalized spacial score (nSPS) is 24.6. The van der Waals surface area contributed by atoms with Crippen LogP contribution in [0.4, 0.5) is 10.3 Å². The first-order chi connectivity index (χ1) is 12.1. The summed E-state index contributed by atoms with van der Waals surface area (Å²) in [4.78, 5) is 24.1. The molecule has 138 valence electrons. The van der Waals surface area contributed by atoms with Gasteiger partial charge in [-0.3, -0.25) is 9.97 Å². The number of anilines is 1. The summed E-state index contributed by atoms with van der Waals surface area (Å²) in [6.07, 6.45) is 6.82. The third-order valence-corrected chi connectivity index (χ3v) is 5.67. The van der Waals surface area contributed by atoms with Gasteiger partial charge in [-0.15, -0.1) is 12.4 Å². The van der Waals surface area contributed by atoms with Gasteiger partial charge in [-0.2, -0.15) is 0 Å². The van der Waals surface area contributed by atoms with Crippen LogP contribution in [0.1, 0.15) is 18.3 Å². The summed E-state index contributed by atoms with van der Waals surface area (Å²) in [5.74, 6) is 1.20. The minimum atomic E-state index is -0.562. The average molecular weight is 396 g/mol. The Bertz CT molecular complexity index is 822. The third kappa shape index (κ3) is 3.09. The van der Waals surface area contributed by atoms with Crippen LogP contribution in [0.5, 0.6) is 0 Å². The van der Waals surface area contributed by atoms with Gasteiger partial charge >= 0.3 is 0 Å². The number of thioether (sulfide) groups is 1. The van der Waals surface area contributed by atoms with E-state index in [1.807, 2.05) is 11.8 Å². The van der Waals surface area contributed by atoms with Crippen molar-refractivity contribution in [2.75, 3.05) is 23.7 Å². The van der Waals surface area contributed by atoms with E-state index in [4.69, 9.17) is 10.7 Å². The molecule has 0 aliphatic carbocycles. The molecule has 0 aromatic carbocycles. The summed E-state index contributed by atoms with van der Waals surface area (Å²) in [6.45, 7) is 3.14. The van der Waals surface area contributed by atoms with Gasteiger partial charge < -0.3 is 10.6 Å². The fourth-order valence-electron chi connectivity index (χ4n) is 3.45. The number of aliphatic imine (C=N–C) groups is 1. The molecule has 2 atom stereocenters. The number of aryl methyl sites for hydroxylation is 1. The minimum Gasteiger partial charge on any atom is -0.379 e. The number of fused-ring (bicyclic) bond motifs is 1. The number of amidine groups is 1. The highest BCUT2D eigenvalue weighted by Crippen LogP contribution is 2.45. The van der Waals surface area contributed by atoms with Crippen LogP contribution in [-0.2, 0) is 12.0 Å². The Morgan fingerprint density at radius 1 is 1.35 bits per heavy atom. The van der Waals surface area contributed by atoms with Crippen LogP contribution in [0.15, 0.2) is 29.8 Å². The maximum atomic E-state index is 13.7. The molecule has 4 heterocycles. The van der Waals surface area contributed by atoms with Gasteiger partial charge in [0.2, 0.25) is 5.95 Å². The molecule has 1 fully saturated rings. The molecule has 2 aromatic heterocycles. The molecule has 2 N–H and O–H groups in total. The number of hydrogen-bond donors (Lipinski definition) is 1. The van der Waals surface area contributed by atoms with Gasteiger partial charge in [0.1, 0.15) is 5.54 Å². The fraction of sp³-hybridized carbons (Fsp3) is 0.438. The first kappa shape index (κ1) is 18.8. The molecule has 2 aromatic rings. The van der Waals surface area contributed by atoms with E-state index in [1.165, 1.54) is 6.20 Å². The minimum absolute atomic E-state index is 0. The second kappa shape index (κ2) is 7.32. The summed E-state index contributed by atoms with van der Waals surface area (Å²) in [5.41, 5.74) is 6.68. The van der Waals surface area contributed by atoms with Gasteiger partial charge in [0.05, 0.1) is 30.3 Å². The van der Waals surface area contributed by atoms with Crippen molar-refractivity contribution < 1.29 is 4.39 Å². The van der Waals surface area contributed by atoms with Crippen molar-refractivity contribution in [1.82, 2.24) is 19.9 Å². The van der Waals surface area contributed by atoms with Crippen molar-refractivity contribution in [3.05, 3.63) is 42.0 Å². The summed E-state index contributed by atoms with van der Waals surface area (Å²) >= 11 is 1.55. The van der Waals surface area contributed by atoms with Gasteiger partial charge in [-0.05, 0) is 6.42 Å². The Morgan fingerprint density at radius 3 is 2.92 bits per heavy atom. The van der Waals surface area contributed by atoms with Gasteiger partial charge in [0.15, 0.2) is 11.0 Å². The molecule has 4 rings (SSSR count). The second-order valence-corrected chi connectivity index (χ2v) is 7.21. The van der Waals surface area contributed by atoms with Crippen molar-refractivity contribution >= 4 is 35.3 Å². The molecule has 2 aliphatic heterocycles. The highest BCUT2D eigenvalue weighted by atomic mass is 35.5. The quantitative estimate of drug-likeness (QED) is 0.846.